The molecule has 0 bridgehead atoms. The van der Waals surface area contributed by atoms with E-state index in [0.29, 0.717) is 5.56 Å². The van der Waals surface area contributed by atoms with Gasteiger partial charge in [0.05, 0.1) is 15.9 Å². The summed E-state index contributed by atoms with van der Waals surface area (Å²) in [6, 6.07) is 32.2. The van der Waals surface area contributed by atoms with Gasteiger partial charge in [0.2, 0.25) is 0 Å². The number of hydrogen-bond acceptors (Lipinski definition) is 4. The molecule has 0 saturated heterocycles. The van der Waals surface area contributed by atoms with Crippen LogP contribution in [0, 0.1) is 0 Å². The number of carbonyl (C=O) groups is 1. The van der Waals surface area contributed by atoms with Gasteiger partial charge in [-0.05, 0) is 42.3 Å². The van der Waals surface area contributed by atoms with Crippen LogP contribution in [0.2, 0.25) is 0 Å². The smallest absolute Gasteiger partial charge is 0.173 e. The van der Waals surface area contributed by atoms with E-state index < -0.39 is 0 Å². The molecule has 0 spiro atoms. The van der Waals surface area contributed by atoms with Crippen LogP contribution < -0.4 is 4.72 Å². The SMILES string of the molecule is CC(=O)c1cc(-c2ccccc2)c([N]Sc2nc3ccccc3s2)c(-c2ccccc2)c1. The minimum absolute atomic E-state index is 0.0322. The van der Waals surface area contributed by atoms with Gasteiger partial charge >= 0.3 is 0 Å². The number of hydrogen-bond donors (Lipinski definition) is 0. The van der Waals surface area contributed by atoms with Crippen molar-refractivity contribution in [1.82, 2.24) is 9.71 Å². The maximum absolute atomic E-state index is 12.4. The van der Waals surface area contributed by atoms with E-state index in [1.165, 1.54) is 11.9 Å². The molecule has 5 heteroatoms. The lowest BCUT2D eigenvalue weighted by Gasteiger charge is -2.16. The fraction of sp³-hybridized carbons (Fsp3) is 0.0370. The number of Topliss-reactive ketones (excluding diaryl/α,β-unsaturated/α-hetero) is 1. The number of rotatable bonds is 6. The highest BCUT2D eigenvalue weighted by Crippen LogP contribution is 2.41. The average Bonchev–Trinajstić information content (AvgIpc) is 3.26. The first-order chi connectivity index (χ1) is 15.7. The maximum atomic E-state index is 12.4. The van der Waals surface area contributed by atoms with E-state index in [0.717, 1.165) is 42.5 Å². The van der Waals surface area contributed by atoms with Gasteiger partial charge in [-0.15, -0.1) is 11.3 Å². The molecular formula is C27H19N2OS2. The third-order valence-corrected chi connectivity index (χ3v) is 7.00. The highest BCUT2D eigenvalue weighted by Gasteiger charge is 2.18. The maximum Gasteiger partial charge on any atom is 0.173 e. The molecular weight excluding hydrogens is 432 g/mol. The number of fused-ring (bicyclic) bond motifs is 1. The fourth-order valence-electron chi connectivity index (χ4n) is 3.59. The molecule has 0 fully saturated rings. The molecule has 32 heavy (non-hydrogen) atoms. The van der Waals surface area contributed by atoms with Crippen LogP contribution in [0.1, 0.15) is 17.3 Å². The summed E-state index contributed by atoms with van der Waals surface area (Å²) in [7, 11) is 0. The summed E-state index contributed by atoms with van der Waals surface area (Å²) in [4.78, 5) is 17.1. The fourth-order valence-corrected chi connectivity index (χ4v) is 5.32. The molecule has 3 nitrogen and oxygen atoms in total. The van der Waals surface area contributed by atoms with E-state index in [-0.39, 0.29) is 5.78 Å². The Morgan fingerprint density at radius 1 is 0.812 bits per heavy atom. The Kier molecular flexibility index (Phi) is 5.75. The van der Waals surface area contributed by atoms with Gasteiger partial charge in [0.25, 0.3) is 0 Å². The van der Waals surface area contributed by atoms with E-state index in [4.69, 9.17) is 9.71 Å². The van der Waals surface area contributed by atoms with Crippen molar-refractivity contribution in [3.63, 3.8) is 0 Å². The minimum Gasteiger partial charge on any atom is -0.295 e. The van der Waals surface area contributed by atoms with Crippen LogP contribution in [0.25, 0.3) is 32.5 Å². The summed E-state index contributed by atoms with van der Waals surface area (Å²) in [6.45, 7) is 1.60. The highest BCUT2D eigenvalue weighted by atomic mass is 32.2. The molecule has 1 heterocycles. The Labute approximate surface area is 195 Å². The summed E-state index contributed by atoms with van der Waals surface area (Å²) < 4.78 is 7.01. The first-order valence-electron chi connectivity index (χ1n) is 10.2. The Morgan fingerprint density at radius 3 is 1.94 bits per heavy atom. The van der Waals surface area contributed by atoms with Crippen LogP contribution in [0.15, 0.2) is 101 Å². The molecule has 0 aliphatic rings. The summed E-state index contributed by atoms with van der Waals surface area (Å²) >= 11 is 3.01. The molecule has 1 radical (unpaired) electrons. The van der Waals surface area contributed by atoms with Crippen molar-refractivity contribution in [2.75, 3.05) is 0 Å². The average molecular weight is 452 g/mol. The Hall–Kier alpha value is -3.41. The van der Waals surface area contributed by atoms with Crippen LogP contribution >= 0.6 is 23.3 Å². The number of ketones is 1. The molecule has 0 aliphatic heterocycles. The molecule has 0 saturated carbocycles. The van der Waals surface area contributed by atoms with Crippen LogP contribution in [0.5, 0.6) is 0 Å². The van der Waals surface area contributed by atoms with Gasteiger partial charge in [0.1, 0.15) is 0 Å². The lowest BCUT2D eigenvalue weighted by atomic mass is 9.92. The second-order valence-electron chi connectivity index (χ2n) is 7.34. The molecule has 0 N–H and O–H groups in total. The predicted molar refractivity (Wildman–Crippen MR) is 135 cm³/mol. The van der Waals surface area contributed by atoms with Crippen LogP contribution in [-0.2, 0) is 0 Å². The molecule has 4 aromatic carbocycles. The highest BCUT2D eigenvalue weighted by molar-refractivity contribution is 7.99. The van der Waals surface area contributed by atoms with Crippen LogP contribution in [0.4, 0.5) is 5.69 Å². The van der Waals surface area contributed by atoms with E-state index in [1.54, 1.807) is 18.3 Å². The lowest BCUT2D eigenvalue weighted by molar-refractivity contribution is 0.101. The molecule has 0 unspecified atom stereocenters. The number of carbonyl (C=O) groups excluding carboxylic acids is 1. The van der Waals surface area contributed by atoms with Gasteiger partial charge in [-0.25, -0.2) is 9.71 Å². The zero-order chi connectivity index (χ0) is 21.9. The zero-order valence-corrected chi connectivity index (χ0v) is 19.0. The molecule has 0 aliphatic carbocycles. The lowest BCUT2D eigenvalue weighted by Crippen LogP contribution is -1.99. The third kappa shape index (κ3) is 4.17. The molecule has 5 aromatic rings. The van der Waals surface area contributed by atoms with Crippen LogP contribution in [-0.4, -0.2) is 10.8 Å². The van der Waals surface area contributed by atoms with E-state index in [2.05, 4.69) is 30.3 Å². The van der Waals surface area contributed by atoms with Gasteiger partial charge in [0, 0.05) is 28.6 Å². The third-order valence-electron chi connectivity index (χ3n) is 5.18. The molecule has 155 valence electrons. The second-order valence-corrected chi connectivity index (χ2v) is 9.38. The Morgan fingerprint density at radius 2 is 1.38 bits per heavy atom. The molecule has 0 atom stereocenters. The standard InChI is InChI=1S/C27H19N2OS2/c1-18(30)21-16-22(19-10-4-2-5-11-19)26(23(17-21)20-12-6-3-7-13-20)29-32-27-28-24-14-8-9-15-25(24)31-27/h2-17H,1H3. The van der Waals surface area contributed by atoms with Crippen molar-refractivity contribution in [2.24, 2.45) is 0 Å². The number of benzene rings is 4. The van der Waals surface area contributed by atoms with Crippen LogP contribution in [0.3, 0.4) is 0 Å². The summed E-state index contributed by atoms with van der Waals surface area (Å²) in [5.74, 6) is 0.0322. The van der Waals surface area contributed by atoms with Crippen molar-refractivity contribution >= 4 is 45.0 Å². The van der Waals surface area contributed by atoms with Gasteiger partial charge in [-0.1, -0.05) is 72.8 Å². The second kappa shape index (κ2) is 8.99. The van der Waals surface area contributed by atoms with Gasteiger partial charge in [-0.3, -0.25) is 4.79 Å². The Balaban J connectivity index is 1.64. The minimum atomic E-state index is 0.0322. The van der Waals surface area contributed by atoms with Crippen molar-refractivity contribution < 1.29 is 4.79 Å². The van der Waals surface area contributed by atoms with Gasteiger partial charge in [0.15, 0.2) is 10.1 Å². The molecule has 0 amide bonds. The molecule has 1 aromatic heterocycles. The van der Waals surface area contributed by atoms with E-state index in [9.17, 15) is 4.79 Å². The first kappa shape index (κ1) is 20.5. The van der Waals surface area contributed by atoms with Crippen molar-refractivity contribution in [3.8, 4) is 22.3 Å². The van der Waals surface area contributed by atoms with Crippen molar-refractivity contribution in [1.29, 1.82) is 0 Å². The number of aromatic nitrogens is 1. The summed E-state index contributed by atoms with van der Waals surface area (Å²) in [6.07, 6.45) is 0. The molecule has 5 rings (SSSR count). The normalized spacial score (nSPS) is 10.9. The summed E-state index contributed by atoms with van der Waals surface area (Å²) in [5.41, 5.74) is 6.42. The Bertz CT molecular complexity index is 1300. The number of thiazole rings is 1. The number of para-hydroxylation sites is 1. The van der Waals surface area contributed by atoms with Crippen molar-refractivity contribution in [3.05, 3.63) is 103 Å². The van der Waals surface area contributed by atoms with E-state index >= 15 is 0 Å². The summed E-state index contributed by atoms with van der Waals surface area (Å²) in [5, 5.41) is 0. The van der Waals surface area contributed by atoms with Crippen molar-refractivity contribution in [2.45, 2.75) is 11.3 Å². The predicted octanol–water partition coefficient (Wildman–Crippen LogP) is 7.78. The monoisotopic (exact) mass is 451 g/mol. The van der Waals surface area contributed by atoms with E-state index in [1.807, 2.05) is 66.7 Å². The quantitative estimate of drug-likeness (QED) is 0.196. The zero-order valence-electron chi connectivity index (χ0n) is 17.4. The first-order valence-corrected chi connectivity index (χ1v) is 11.8. The topological polar surface area (TPSA) is 44.1 Å². The van der Waals surface area contributed by atoms with Gasteiger partial charge < -0.3 is 0 Å². The largest absolute Gasteiger partial charge is 0.295 e. The number of nitrogens with zero attached hydrogens (tertiary/aromatic N) is 2. The van der Waals surface area contributed by atoms with Gasteiger partial charge in [-0.2, -0.15) is 0 Å².